The average molecular weight is 412 g/mol. The summed E-state index contributed by atoms with van der Waals surface area (Å²) in [4.78, 5) is 24.4. The molecule has 4 unspecified atom stereocenters. The van der Waals surface area contributed by atoms with E-state index in [1.54, 1.807) is 62.4 Å². The van der Waals surface area contributed by atoms with Crippen LogP contribution in [0.1, 0.15) is 37.2 Å². The Kier molecular flexibility index (Phi) is 7.97. The van der Waals surface area contributed by atoms with E-state index in [0.29, 0.717) is 22.5 Å². The molecule has 0 bridgehead atoms. The third-order valence-corrected chi connectivity index (χ3v) is 4.28. The smallest absolute Gasteiger partial charge is 0.331 e. The highest BCUT2D eigenvalue weighted by Gasteiger charge is 2.22. The van der Waals surface area contributed by atoms with Gasteiger partial charge in [0.2, 0.25) is 0 Å². The van der Waals surface area contributed by atoms with Crippen molar-refractivity contribution in [2.24, 2.45) is 11.5 Å². The Labute approximate surface area is 175 Å². The van der Waals surface area contributed by atoms with E-state index < -0.39 is 36.2 Å². The highest BCUT2D eigenvalue weighted by Crippen LogP contribution is 2.24. The molecule has 0 radical (unpaired) electrons. The first kappa shape index (κ1) is 22.9. The van der Waals surface area contributed by atoms with Crippen molar-refractivity contribution in [3.63, 3.8) is 0 Å². The van der Waals surface area contributed by atoms with Crippen LogP contribution in [0.25, 0.3) is 0 Å². The number of benzene rings is 2. The molecule has 0 aliphatic carbocycles. The number of rotatable bonds is 8. The molecule has 2 aromatic carbocycles. The Hall–Kier alpha value is -3.36. The van der Waals surface area contributed by atoms with E-state index in [4.69, 9.17) is 32.4 Å². The van der Waals surface area contributed by atoms with Crippen molar-refractivity contribution in [2.45, 2.75) is 38.1 Å². The molecule has 4 atom stereocenters. The lowest BCUT2D eigenvalue weighted by atomic mass is 10.0. The number of carbonyl (C=O) groups excluding carboxylic acids is 2. The Morgan fingerprint density at radius 1 is 0.767 bits per heavy atom. The zero-order valence-corrected chi connectivity index (χ0v) is 17.0. The maximum atomic E-state index is 12.2. The van der Waals surface area contributed by atoms with Gasteiger partial charge in [0.25, 0.3) is 0 Å². The van der Waals surface area contributed by atoms with Crippen molar-refractivity contribution in [3.8, 4) is 0 Å². The molecule has 2 rings (SSSR count). The van der Waals surface area contributed by atoms with Crippen LogP contribution in [-0.4, -0.2) is 24.0 Å². The number of anilines is 2. The first-order valence-corrected chi connectivity index (χ1v) is 9.48. The average Bonchev–Trinajstić information content (AvgIpc) is 2.68. The quantitative estimate of drug-likeness (QED) is 0.291. The second-order valence-electron chi connectivity index (χ2n) is 7.11. The Morgan fingerprint density at radius 2 is 1.13 bits per heavy atom. The minimum atomic E-state index is -0.738. The van der Waals surface area contributed by atoms with E-state index in [0.717, 1.165) is 12.2 Å². The largest absolute Gasteiger partial charge is 0.453 e. The van der Waals surface area contributed by atoms with Crippen LogP contribution in [0.15, 0.2) is 60.7 Å². The third kappa shape index (κ3) is 6.61. The van der Waals surface area contributed by atoms with E-state index in [9.17, 15) is 9.59 Å². The summed E-state index contributed by atoms with van der Waals surface area (Å²) in [5.74, 6) is -1.48. The third-order valence-electron chi connectivity index (χ3n) is 4.28. The topological polar surface area (TPSA) is 157 Å². The zero-order valence-electron chi connectivity index (χ0n) is 17.0. The number of hydrogen-bond donors (Lipinski definition) is 4. The van der Waals surface area contributed by atoms with E-state index >= 15 is 0 Å². The maximum Gasteiger partial charge on any atom is 0.331 e. The summed E-state index contributed by atoms with van der Waals surface area (Å²) in [6.45, 7) is 3.41. The first-order chi connectivity index (χ1) is 14.2. The molecule has 0 aromatic heterocycles. The zero-order chi connectivity index (χ0) is 22.3. The lowest BCUT2D eigenvalue weighted by Crippen LogP contribution is -2.29. The second-order valence-corrected chi connectivity index (χ2v) is 7.11. The molecule has 160 valence electrons. The number of esters is 2. The van der Waals surface area contributed by atoms with E-state index in [2.05, 4.69) is 0 Å². The second kappa shape index (κ2) is 10.4. The number of nitrogens with two attached hydrogens (primary N) is 4. The van der Waals surface area contributed by atoms with Gasteiger partial charge in [-0.25, -0.2) is 9.59 Å². The summed E-state index contributed by atoms with van der Waals surface area (Å²) in [7, 11) is 0. The lowest BCUT2D eigenvalue weighted by molar-refractivity contribution is -0.147. The summed E-state index contributed by atoms with van der Waals surface area (Å²) < 4.78 is 10.8. The fourth-order valence-corrected chi connectivity index (χ4v) is 2.89. The molecule has 8 nitrogen and oxygen atoms in total. The van der Waals surface area contributed by atoms with Gasteiger partial charge >= 0.3 is 11.9 Å². The minimum absolute atomic E-state index is 0.484. The molecule has 0 aliphatic heterocycles. The molecule has 0 spiro atoms. The van der Waals surface area contributed by atoms with Gasteiger partial charge < -0.3 is 32.4 Å². The first-order valence-electron chi connectivity index (χ1n) is 9.48. The minimum Gasteiger partial charge on any atom is -0.453 e. The number of hydrogen-bond acceptors (Lipinski definition) is 8. The monoisotopic (exact) mass is 412 g/mol. The lowest BCUT2D eigenvalue weighted by Gasteiger charge is -2.22. The van der Waals surface area contributed by atoms with Gasteiger partial charge in [-0.15, -0.1) is 0 Å². The van der Waals surface area contributed by atoms with E-state index in [-0.39, 0.29) is 0 Å². The number of nitrogen functional groups attached to an aromatic ring is 2. The van der Waals surface area contributed by atoms with Crippen LogP contribution in [0.2, 0.25) is 0 Å². The molecule has 2 aromatic rings. The molecule has 0 heterocycles. The standard InChI is InChI=1S/C22H28N4O4/c1-13(23)21(15-5-3-7-17(25)11-15)29-19(27)9-10-20(28)30-22(14(2)24)16-6-4-8-18(26)12-16/h3-14,21-22H,23-26H2,1-2H3/b10-9-. The Bertz CT molecular complexity index is 838. The summed E-state index contributed by atoms with van der Waals surface area (Å²) in [6, 6.07) is 12.8. The molecule has 0 saturated heterocycles. The summed E-state index contributed by atoms with van der Waals surface area (Å²) in [5.41, 5.74) is 25.8. The Morgan fingerprint density at radius 3 is 1.43 bits per heavy atom. The van der Waals surface area contributed by atoms with Crippen molar-refractivity contribution in [1.82, 2.24) is 0 Å². The van der Waals surface area contributed by atoms with Crippen LogP contribution in [0.4, 0.5) is 11.4 Å². The fraction of sp³-hybridized carbons (Fsp3) is 0.273. The maximum absolute atomic E-state index is 12.2. The van der Waals surface area contributed by atoms with Gasteiger partial charge in [0.05, 0.1) is 0 Å². The van der Waals surface area contributed by atoms with Crippen LogP contribution < -0.4 is 22.9 Å². The van der Waals surface area contributed by atoms with Crippen LogP contribution in [0.5, 0.6) is 0 Å². The van der Waals surface area contributed by atoms with E-state index in [1.807, 2.05) is 0 Å². The molecular formula is C22H28N4O4. The van der Waals surface area contributed by atoms with E-state index in [1.165, 1.54) is 0 Å². The van der Waals surface area contributed by atoms with Crippen LogP contribution in [0.3, 0.4) is 0 Å². The molecule has 30 heavy (non-hydrogen) atoms. The van der Waals surface area contributed by atoms with Crippen LogP contribution in [-0.2, 0) is 19.1 Å². The molecule has 0 saturated carbocycles. The molecule has 8 heteroatoms. The predicted octanol–water partition coefficient (Wildman–Crippen LogP) is 1.97. The fourth-order valence-electron chi connectivity index (χ4n) is 2.89. The summed E-state index contributed by atoms with van der Waals surface area (Å²) >= 11 is 0. The van der Waals surface area contributed by atoms with Gasteiger partial charge in [0.15, 0.2) is 0 Å². The van der Waals surface area contributed by atoms with Crippen molar-refractivity contribution in [3.05, 3.63) is 71.8 Å². The van der Waals surface area contributed by atoms with Crippen LogP contribution >= 0.6 is 0 Å². The van der Waals surface area contributed by atoms with Gasteiger partial charge in [0.1, 0.15) is 12.2 Å². The van der Waals surface area contributed by atoms with Crippen LogP contribution in [0, 0.1) is 0 Å². The predicted molar refractivity (Wildman–Crippen MR) is 116 cm³/mol. The SMILES string of the molecule is CC(N)C(OC(=O)/C=C\C(=O)OC(c1cccc(N)c1)C(C)N)c1cccc(N)c1. The molecule has 0 fully saturated rings. The number of ether oxygens (including phenoxy) is 2. The Balaban J connectivity index is 2.04. The van der Waals surface area contributed by atoms with Gasteiger partial charge in [-0.1, -0.05) is 24.3 Å². The number of carbonyl (C=O) groups is 2. The molecular weight excluding hydrogens is 384 g/mol. The molecule has 0 amide bonds. The van der Waals surface area contributed by atoms with Gasteiger partial charge in [0, 0.05) is 35.6 Å². The normalized spacial score (nSPS) is 15.2. The van der Waals surface area contributed by atoms with Crippen molar-refractivity contribution in [2.75, 3.05) is 11.5 Å². The van der Waals surface area contributed by atoms with Crippen molar-refractivity contribution >= 4 is 23.3 Å². The van der Waals surface area contributed by atoms with Gasteiger partial charge in [-0.3, -0.25) is 0 Å². The highest BCUT2D eigenvalue weighted by molar-refractivity contribution is 5.91. The van der Waals surface area contributed by atoms with Gasteiger partial charge in [-0.05, 0) is 49.2 Å². The van der Waals surface area contributed by atoms with Crippen molar-refractivity contribution in [1.29, 1.82) is 0 Å². The summed E-state index contributed by atoms with van der Waals surface area (Å²) in [6.07, 6.45) is 0.542. The van der Waals surface area contributed by atoms with Gasteiger partial charge in [-0.2, -0.15) is 0 Å². The molecule has 0 aliphatic rings. The highest BCUT2D eigenvalue weighted by atomic mass is 16.5. The summed E-state index contributed by atoms with van der Waals surface area (Å²) in [5, 5.41) is 0. The molecule has 8 N–H and O–H groups in total. The van der Waals surface area contributed by atoms with Crippen molar-refractivity contribution < 1.29 is 19.1 Å².